The quantitative estimate of drug-likeness (QED) is 0.250. The molecule has 21 heavy (non-hydrogen) atoms. The molecule has 0 atom stereocenters. The SMILES string of the molecule is CN=C(NCCC(C)C)NCc1ccc([N+](=O)[O-])cc1.I. The van der Waals surface area contributed by atoms with Gasteiger partial charge in [0, 0.05) is 32.3 Å². The minimum atomic E-state index is -0.399. The van der Waals surface area contributed by atoms with Gasteiger partial charge in [-0.1, -0.05) is 26.0 Å². The lowest BCUT2D eigenvalue weighted by atomic mass is 10.1. The van der Waals surface area contributed by atoms with Crippen molar-refractivity contribution in [3.63, 3.8) is 0 Å². The highest BCUT2D eigenvalue weighted by molar-refractivity contribution is 14.0. The molecule has 0 amide bonds. The topological polar surface area (TPSA) is 79.6 Å². The molecule has 0 saturated carbocycles. The highest BCUT2D eigenvalue weighted by Crippen LogP contribution is 2.11. The molecule has 0 aliphatic rings. The van der Waals surface area contributed by atoms with Crippen LogP contribution in [-0.4, -0.2) is 24.5 Å². The van der Waals surface area contributed by atoms with Gasteiger partial charge in [0.25, 0.3) is 5.69 Å². The van der Waals surface area contributed by atoms with Crippen molar-refractivity contribution in [1.82, 2.24) is 10.6 Å². The van der Waals surface area contributed by atoms with Gasteiger partial charge < -0.3 is 10.6 Å². The summed E-state index contributed by atoms with van der Waals surface area (Å²) >= 11 is 0. The van der Waals surface area contributed by atoms with E-state index in [1.54, 1.807) is 19.2 Å². The highest BCUT2D eigenvalue weighted by atomic mass is 127. The number of guanidine groups is 1. The van der Waals surface area contributed by atoms with Crippen LogP contribution >= 0.6 is 24.0 Å². The molecule has 1 aromatic carbocycles. The Balaban J connectivity index is 0.00000400. The number of nitro groups is 1. The summed E-state index contributed by atoms with van der Waals surface area (Å²) in [4.78, 5) is 14.3. The fourth-order valence-electron chi connectivity index (χ4n) is 1.62. The van der Waals surface area contributed by atoms with Crippen LogP contribution in [0.25, 0.3) is 0 Å². The zero-order valence-electron chi connectivity index (χ0n) is 12.6. The predicted octanol–water partition coefficient (Wildman–Crippen LogP) is 2.92. The molecule has 0 aromatic heterocycles. The first-order valence-electron chi connectivity index (χ1n) is 6.70. The Labute approximate surface area is 142 Å². The minimum absolute atomic E-state index is 0. The van der Waals surface area contributed by atoms with Crippen LogP contribution in [0.15, 0.2) is 29.3 Å². The second-order valence-electron chi connectivity index (χ2n) is 4.96. The van der Waals surface area contributed by atoms with Gasteiger partial charge in [-0.2, -0.15) is 0 Å². The summed E-state index contributed by atoms with van der Waals surface area (Å²) < 4.78 is 0. The summed E-state index contributed by atoms with van der Waals surface area (Å²) in [5.74, 6) is 1.39. The zero-order valence-corrected chi connectivity index (χ0v) is 15.0. The molecule has 0 aliphatic carbocycles. The number of hydrogen-bond donors (Lipinski definition) is 2. The van der Waals surface area contributed by atoms with Crippen molar-refractivity contribution in [3.8, 4) is 0 Å². The van der Waals surface area contributed by atoms with Gasteiger partial charge in [0.2, 0.25) is 0 Å². The third kappa shape index (κ3) is 7.84. The molecular weight excluding hydrogens is 383 g/mol. The summed E-state index contributed by atoms with van der Waals surface area (Å²) in [6.07, 6.45) is 1.08. The molecule has 0 unspecified atom stereocenters. The second-order valence-corrected chi connectivity index (χ2v) is 4.96. The van der Waals surface area contributed by atoms with E-state index < -0.39 is 4.92 Å². The number of aliphatic imine (C=N–C) groups is 1. The summed E-state index contributed by atoms with van der Waals surface area (Å²) in [5.41, 5.74) is 1.08. The lowest BCUT2D eigenvalue weighted by Crippen LogP contribution is -2.37. The summed E-state index contributed by atoms with van der Waals surface area (Å²) in [5, 5.41) is 17.0. The summed E-state index contributed by atoms with van der Waals surface area (Å²) in [7, 11) is 1.72. The lowest BCUT2D eigenvalue weighted by Gasteiger charge is -2.12. The number of rotatable bonds is 6. The van der Waals surface area contributed by atoms with E-state index >= 15 is 0 Å². The van der Waals surface area contributed by atoms with Crippen molar-refractivity contribution in [2.24, 2.45) is 10.9 Å². The van der Waals surface area contributed by atoms with Gasteiger partial charge in [-0.3, -0.25) is 15.1 Å². The molecule has 0 aliphatic heterocycles. The van der Waals surface area contributed by atoms with E-state index in [2.05, 4.69) is 29.5 Å². The minimum Gasteiger partial charge on any atom is -0.356 e. The van der Waals surface area contributed by atoms with E-state index in [9.17, 15) is 10.1 Å². The fourth-order valence-corrected chi connectivity index (χ4v) is 1.62. The molecule has 118 valence electrons. The van der Waals surface area contributed by atoms with Crippen molar-refractivity contribution in [3.05, 3.63) is 39.9 Å². The molecule has 2 N–H and O–H groups in total. The third-order valence-corrected chi connectivity index (χ3v) is 2.84. The molecule has 0 fully saturated rings. The molecule has 0 radical (unpaired) electrons. The van der Waals surface area contributed by atoms with Crippen LogP contribution in [0.1, 0.15) is 25.8 Å². The maximum Gasteiger partial charge on any atom is 0.269 e. The van der Waals surface area contributed by atoms with Crippen molar-refractivity contribution < 1.29 is 4.92 Å². The number of nitrogens with one attached hydrogen (secondary N) is 2. The number of nitrogens with zero attached hydrogens (tertiary/aromatic N) is 2. The van der Waals surface area contributed by atoms with Crippen molar-refractivity contribution in [2.45, 2.75) is 26.8 Å². The van der Waals surface area contributed by atoms with E-state index in [4.69, 9.17) is 0 Å². The number of hydrogen-bond acceptors (Lipinski definition) is 3. The van der Waals surface area contributed by atoms with Gasteiger partial charge >= 0.3 is 0 Å². The zero-order chi connectivity index (χ0) is 15.0. The first-order valence-corrected chi connectivity index (χ1v) is 6.70. The van der Waals surface area contributed by atoms with E-state index in [0.29, 0.717) is 12.5 Å². The van der Waals surface area contributed by atoms with Gasteiger partial charge in [-0.15, -0.1) is 24.0 Å². The number of non-ortho nitro benzene ring substituents is 1. The first-order chi connectivity index (χ1) is 9.52. The predicted molar refractivity (Wildman–Crippen MR) is 96.2 cm³/mol. The van der Waals surface area contributed by atoms with Gasteiger partial charge in [0.05, 0.1) is 4.92 Å². The first kappa shape index (κ1) is 19.6. The van der Waals surface area contributed by atoms with E-state index in [-0.39, 0.29) is 29.7 Å². The maximum absolute atomic E-state index is 10.6. The number of benzene rings is 1. The maximum atomic E-state index is 10.6. The van der Waals surface area contributed by atoms with Crippen LogP contribution in [0.3, 0.4) is 0 Å². The van der Waals surface area contributed by atoms with Crippen LogP contribution in [0, 0.1) is 16.0 Å². The Morgan fingerprint density at radius 2 is 1.90 bits per heavy atom. The van der Waals surface area contributed by atoms with E-state index in [0.717, 1.165) is 24.5 Å². The van der Waals surface area contributed by atoms with Crippen molar-refractivity contribution in [1.29, 1.82) is 0 Å². The highest BCUT2D eigenvalue weighted by Gasteiger charge is 2.04. The smallest absolute Gasteiger partial charge is 0.269 e. The number of nitro benzene ring substituents is 1. The average molecular weight is 406 g/mol. The Kier molecular flexibility index (Phi) is 9.68. The van der Waals surface area contributed by atoms with Crippen LogP contribution in [0.4, 0.5) is 5.69 Å². The fraction of sp³-hybridized carbons (Fsp3) is 0.500. The Morgan fingerprint density at radius 1 is 1.29 bits per heavy atom. The van der Waals surface area contributed by atoms with Gasteiger partial charge in [0.15, 0.2) is 5.96 Å². The van der Waals surface area contributed by atoms with Gasteiger partial charge in [-0.25, -0.2) is 0 Å². The second kappa shape index (κ2) is 10.4. The van der Waals surface area contributed by atoms with E-state index in [1.165, 1.54) is 12.1 Å². The molecule has 0 bridgehead atoms. The Morgan fingerprint density at radius 3 is 2.38 bits per heavy atom. The molecule has 1 rings (SSSR count). The van der Waals surface area contributed by atoms with Crippen LogP contribution in [-0.2, 0) is 6.54 Å². The molecule has 1 aromatic rings. The van der Waals surface area contributed by atoms with Crippen LogP contribution < -0.4 is 10.6 Å². The summed E-state index contributed by atoms with van der Waals surface area (Å²) in [6, 6.07) is 6.50. The molecule has 0 saturated heterocycles. The lowest BCUT2D eigenvalue weighted by molar-refractivity contribution is -0.384. The van der Waals surface area contributed by atoms with Crippen LogP contribution in [0.5, 0.6) is 0 Å². The molecule has 0 spiro atoms. The molecule has 6 nitrogen and oxygen atoms in total. The average Bonchev–Trinajstić information content (AvgIpc) is 2.42. The normalized spacial score (nSPS) is 11.0. The molecule has 0 heterocycles. The summed E-state index contributed by atoms with van der Waals surface area (Å²) in [6.45, 7) is 5.81. The Bertz CT molecular complexity index is 461. The largest absolute Gasteiger partial charge is 0.356 e. The number of halogens is 1. The molecular formula is C14H23IN4O2. The Hall–Kier alpha value is -1.38. The van der Waals surface area contributed by atoms with Crippen molar-refractivity contribution in [2.75, 3.05) is 13.6 Å². The van der Waals surface area contributed by atoms with Crippen LogP contribution in [0.2, 0.25) is 0 Å². The van der Waals surface area contributed by atoms with E-state index in [1.807, 2.05) is 0 Å². The van der Waals surface area contributed by atoms with Crippen molar-refractivity contribution >= 4 is 35.6 Å². The van der Waals surface area contributed by atoms with Gasteiger partial charge in [0.1, 0.15) is 0 Å². The third-order valence-electron chi connectivity index (χ3n) is 2.84. The monoisotopic (exact) mass is 406 g/mol. The standard InChI is InChI=1S/C14H22N4O2.HI/c1-11(2)8-9-16-14(15-3)17-10-12-4-6-13(7-5-12)18(19)20;/h4-7,11H,8-10H2,1-3H3,(H2,15,16,17);1H. The van der Waals surface area contributed by atoms with Gasteiger partial charge in [-0.05, 0) is 17.9 Å². The molecule has 7 heteroatoms.